The largest absolute Gasteiger partial charge is 0.472 e. The van der Waals surface area contributed by atoms with E-state index in [9.17, 15) is 43.2 Å². The molecule has 0 aliphatic heterocycles. The number of aliphatic hydroxyl groups excluding tert-OH is 1. The van der Waals surface area contributed by atoms with Gasteiger partial charge in [-0.15, -0.1) is 0 Å². The summed E-state index contributed by atoms with van der Waals surface area (Å²) in [4.78, 5) is 72.7. The van der Waals surface area contributed by atoms with Gasteiger partial charge in [0, 0.05) is 25.7 Å². The van der Waals surface area contributed by atoms with Gasteiger partial charge in [0.1, 0.15) is 19.3 Å². The highest BCUT2D eigenvalue weighted by Crippen LogP contribution is 2.45. The third-order valence-corrected chi connectivity index (χ3v) is 19.1. The van der Waals surface area contributed by atoms with Crippen molar-refractivity contribution in [2.45, 2.75) is 381 Å². The maximum absolute atomic E-state index is 13.1. The number of rotatable bonds is 72. The molecule has 0 saturated carbocycles. The zero-order chi connectivity index (χ0) is 69.3. The van der Waals surface area contributed by atoms with Gasteiger partial charge in [0.05, 0.1) is 26.4 Å². The number of unbranched alkanes of at least 4 members (excludes halogenated alkanes) is 38. The van der Waals surface area contributed by atoms with Crippen LogP contribution in [0, 0.1) is 11.8 Å². The Morgan fingerprint density at radius 3 is 0.957 bits per heavy atom. The lowest BCUT2D eigenvalue weighted by Crippen LogP contribution is -2.30. The van der Waals surface area contributed by atoms with Crippen LogP contribution in [-0.2, 0) is 65.4 Å². The van der Waals surface area contributed by atoms with E-state index in [-0.39, 0.29) is 25.7 Å². The molecule has 0 saturated heterocycles. The lowest BCUT2D eigenvalue weighted by Gasteiger charge is -2.21. The Kier molecular flexibility index (Phi) is 64.7. The van der Waals surface area contributed by atoms with Crippen LogP contribution in [0.2, 0.25) is 0 Å². The average molecular weight is 1380 g/mol. The standard InChI is InChI=1S/C75H142O17P2/c1-7-10-12-14-16-18-20-22-24-26-28-30-32-41-47-53-59-74(79)91-70(63-85-72(77)57-51-45-39-31-29-27-25-23-21-19-17-15-13-11-8-2)65-89-93(81,82)87-61-69(76)62-88-94(83,84)90-66-71(64-86-73(78)58-52-46-40-35-33-37-43-49-55-67(4)5)92-75(80)60-54-48-42-36-34-38-44-50-56-68(6)9-3/h19,21,23,25,67-71,76H,7-18,20,22,24,26-66H2,1-6H3,(H,81,82)(H,83,84)/b21-19-,25-23-/t68?,69-,70-,71-/m1/s1. The van der Waals surface area contributed by atoms with Crippen molar-refractivity contribution >= 4 is 39.5 Å². The Hall–Kier alpha value is -2.46. The second-order valence-electron chi connectivity index (χ2n) is 27.1. The summed E-state index contributed by atoms with van der Waals surface area (Å²) in [6, 6.07) is 0. The summed E-state index contributed by atoms with van der Waals surface area (Å²) < 4.78 is 68.4. The number of phosphoric acid groups is 2. The van der Waals surface area contributed by atoms with E-state index in [1.165, 1.54) is 161 Å². The molecule has 0 heterocycles. The normalized spacial score (nSPS) is 14.5. The smallest absolute Gasteiger partial charge is 0.462 e. The van der Waals surface area contributed by atoms with Crippen LogP contribution in [0.1, 0.15) is 363 Å². The maximum atomic E-state index is 13.1. The van der Waals surface area contributed by atoms with E-state index in [1.807, 2.05) is 0 Å². The van der Waals surface area contributed by atoms with Gasteiger partial charge in [0.25, 0.3) is 0 Å². The molecule has 94 heavy (non-hydrogen) atoms. The van der Waals surface area contributed by atoms with Gasteiger partial charge in [-0.1, -0.05) is 310 Å². The molecule has 3 unspecified atom stereocenters. The molecular weight excluding hydrogens is 1230 g/mol. The van der Waals surface area contributed by atoms with Gasteiger partial charge in [-0.25, -0.2) is 9.13 Å². The highest BCUT2D eigenvalue weighted by Gasteiger charge is 2.30. The van der Waals surface area contributed by atoms with Crippen molar-refractivity contribution in [3.8, 4) is 0 Å². The molecule has 0 spiro atoms. The van der Waals surface area contributed by atoms with E-state index < -0.39 is 97.5 Å². The van der Waals surface area contributed by atoms with E-state index in [0.29, 0.717) is 25.7 Å². The second kappa shape index (κ2) is 66.4. The van der Waals surface area contributed by atoms with Crippen molar-refractivity contribution in [2.24, 2.45) is 11.8 Å². The summed E-state index contributed by atoms with van der Waals surface area (Å²) in [5.74, 6) is -0.656. The van der Waals surface area contributed by atoms with Crippen molar-refractivity contribution in [1.82, 2.24) is 0 Å². The minimum atomic E-state index is -4.96. The lowest BCUT2D eigenvalue weighted by atomic mass is 9.99. The number of ether oxygens (including phenoxy) is 4. The monoisotopic (exact) mass is 1380 g/mol. The minimum absolute atomic E-state index is 0.101. The van der Waals surface area contributed by atoms with Crippen molar-refractivity contribution in [1.29, 1.82) is 0 Å². The molecule has 0 aliphatic carbocycles. The highest BCUT2D eigenvalue weighted by atomic mass is 31.2. The first kappa shape index (κ1) is 91.5. The SMILES string of the molecule is CCCCCC/C=C\C=C/CCCCCCCC(=O)OC[C@H](COP(=O)(O)OC[C@@H](O)COP(=O)(O)OC[C@@H](COC(=O)CCCCCCCCCCC(C)C)OC(=O)CCCCCCCCCCC(C)CC)OC(=O)CCCCCCCCCCCCCCCCCC. The first-order valence-corrected chi connectivity index (χ1v) is 41.3. The molecule has 0 amide bonds. The summed E-state index contributed by atoms with van der Waals surface area (Å²) in [6.45, 7) is 9.48. The summed E-state index contributed by atoms with van der Waals surface area (Å²) in [7, 11) is -9.92. The van der Waals surface area contributed by atoms with Crippen LogP contribution in [0.3, 0.4) is 0 Å². The van der Waals surface area contributed by atoms with E-state index in [1.54, 1.807) is 0 Å². The molecule has 17 nitrogen and oxygen atoms in total. The van der Waals surface area contributed by atoms with Crippen LogP contribution in [-0.4, -0.2) is 96.7 Å². The summed E-state index contributed by atoms with van der Waals surface area (Å²) in [6.07, 6.45) is 56.2. The zero-order valence-electron chi connectivity index (χ0n) is 60.7. The number of carbonyl (C=O) groups excluding carboxylic acids is 4. The number of carbonyl (C=O) groups is 4. The fraction of sp³-hybridized carbons (Fsp3) is 0.893. The van der Waals surface area contributed by atoms with Crippen LogP contribution in [0.4, 0.5) is 0 Å². The van der Waals surface area contributed by atoms with Gasteiger partial charge in [-0.3, -0.25) is 37.3 Å². The Morgan fingerprint density at radius 2 is 0.628 bits per heavy atom. The minimum Gasteiger partial charge on any atom is -0.462 e. The van der Waals surface area contributed by atoms with Gasteiger partial charge >= 0.3 is 39.5 Å². The molecule has 0 fully saturated rings. The van der Waals surface area contributed by atoms with Crippen LogP contribution in [0.25, 0.3) is 0 Å². The fourth-order valence-electron chi connectivity index (χ4n) is 10.9. The predicted molar refractivity (Wildman–Crippen MR) is 381 cm³/mol. The number of phosphoric ester groups is 2. The Bertz CT molecular complexity index is 1920. The number of allylic oxidation sites excluding steroid dienone is 4. The molecule has 0 radical (unpaired) electrons. The quantitative estimate of drug-likeness (QED) is 0.0169. The molecule has 0 aromatic heterocycles. The van der Waals surface area contributed by atoms with Gasteiger partial charge in [-0.2, -0.15) is 0 Å². The number of hydrogen-bond acceptors (Lipinski definition) is 15. The van der Waals surface area contributed by atoms with Gasteiger partial charge in [0.15, 0.2) is 12.2 Å². The molecule has 0 bridgehead atoms. The Morgan fingerprint density at radius 1 is 0.351 bits per heavy atom. The van der Waals surface area contributed by atoms with E-state index in [4.69, 9.17) is 37.0 Å². The highest BCUT2D eigenvalue weighted by molar-refractivity contribution is 7.47. The van der Waals surface area contributed by atoms with Crippen molar-refractivity contribution < 1.29 is 80.2 Å². The summed E-state index contributed by atoms with van der Waals surface area (Å²) >= 11 is 0. The van der Waals surface area contributed by atoms with Crippen LogP contribution >= 0.6 is 15.6 Å². The van der Waals surface area contributed by atoms with E-state index >= 15 is 0 Å². The first-order valence-electron chi connectivity index (χ1n) is 38.3. The van der Waals surface area contributed by atoms with Gasteiger partial charge in [-0.05, 0) is 63.2 Å². The van der Waals surface area contributed by atoms with Gasteiger partial charge < -0.3 is 33.8 Å². The first-order chi connectivity index (χ1) is 45.4. The fourth-order valence-corrected chi connectivity index (χ4v) is 12.5. The average Bonchev–Trinajstić information content (AvgIpc) is 1.39. The zero-order valence-corrected chi connectivity index (χ0v) is 62.5. The van der Waals surface area contributed by atoms with E-state index in [0.717, 1.165) is 121 Å². The summed E-state index contributed by atoms with van der Waals surface area (Å²) in [5, 5.41) is 10.6. The van der Waals surface area contributed by atoms with Crippen molar-refractivity contribution in [2.75, 3.05) is 39.6 Å². The van der Waals surface area contributed by atoms with Crippen LogP contribution in [0.15, 0.2) is 24.3 Å². The molecule has 554 valence electrons. The molecule has 0 aromatic carbocycles. The molecule has 0 aromatic rings. The third-order valence-electron chi connectivity index (χ3n) is 17.2. The Balaban J connectivity index is 5.30. The van der Waals surface area contributed by atoms with E-state index in [2.05, 4.69) is 65.8 Å². The molecule has 19 heteroatoms. The number of hydrogen-bond donors (Lipinski definition) is 3. The topological polar surface area (TPSA) is 237 Å². The predicted octanol–water partition coefficient (Wildman–Crippen LogP) is 21.5. The van der Waals surface area contributed by atoms with Crippen molar-refractivity contribution in [3.63, 3.8) is 0 Å². The van der Waals surface area contributed by atoms with Gasteiger partial charge in [0.2, 0.25) is 0 Å². The van der Waals surface area contributed by atoms with Crippen molar-refractivity contribution in [3.05, 3.63) is 24.3 Å². The van der Waals surface area contributed by atoms with Crippen LogP contribution < -0.4 is 0 Å². The lowest BCUT2D eigenvalue weighted by molar-refractivity contribution is -0.161. The molecule has 3 N–H and O–H groups in total. The number of esters is 4. The molecule has 0 aliphatic rings. The molecule has 6 atom stereocenters. The maximum Gasteiger partial charge on any atom is 0.472 e. The molecular formula is C75H142O17P2. The number of aliphatic hydroxyl groups is 1. The third kappa shape index (κ3) is 66.8. The molecule has 0 rings (SSSR count). The second-order valence-corrected chi connectivity index (χ2v) is 30.0. The summed E-state index contributed by atoms with van der Waals surface area (Å²) in [5.41, 5.74) is 0. The van der Waals surface area contributed by atoms with Crippen LogP contribution in [0.5, 0.6) is 0 Å². The Labute approximate surface area is 573 Å².